The third kappa shape index (κ3) is 4.68. The van der Waals surface area contributed by atoms with Gasteiger partial charge in [0.15, 0.2) is 0 Å². The van der Waals surface area contributed by atoms with Gasteiger partial charge in [-0.2, -0.15) is 0 Å². The highest BCUT2D eigenvalue weighted by atomic mass is 16.7. The Balaban J connectivity index is 1.51. The van der Waals surface area contributed by atoms with Crippen LogP contribution in [0.25, 0.3) is 0 Å². The van der Waals surface area contributed by atoms with Gasteiger partial charge in [-0.25, -0.2) is 5.06 Å². The van der Waals surface area contributed by atoms with E-state index < -0.39 is 35.5 Å². The summed E-state index contributed by atoms with van der Waals surface area (Å²) in [6.07, 6.45) is -0.216. The van der Waals surface area contributed by atoms with Crippen LogP contribution in [0.3, 0.4) is 0 Å². The van der Waals surface area contributed by atoms with E-state index in [1.807, 2.05) is 65.6 Å². The predicted octanol–water partition coefficient (Wildman–Crippen LogP) is 0.715. The minimum atomic E-state index is -1.20. The van der Waals surface area contributed by atoms with Crippen LogP contribution in [0.4, 0.5) is 0 Å². The number of aliphatic hydroxyl groups is 1. The minimum absolute atomic E-state index is 0.184. The van der Waals surface area contributed by atoms with Gasteiger partial charge in [-0.15, -0.1) is 0 Å². The van der Waals surface area contributed by atoms with Gasteiger partial charge in [0, 0.05) is 6.54 Å². The molecule has 1 spiro atoms. The van der Waals surface area contributed by atoms with Crippen molar-refractivity contribution in [1.29, 1.82) is 0 Å². The highest BCUT2D eigenvalue weighted by Gasteiger charge is 2.62. The molecule has 4 atom stereocenters. The van der Waals surface area contributed by atoms with Crippen molar-refractivity contribution in [3.63, 3.8) is 0 Å². The quantitative estimate of drug-likeness (QED) is 0.468. The topological polar surface area (TPSA) is 125 Å². The van der Waals surface area contributed by atoms with Crippen LogP contribution in [0.2, 0.25) is 0 Å². The summed E-state index contributed by atoms with van der Waals surface area (Å²) >= 11 is 0. The molecule has 2 aromatic carbocycles. The van der Waals surface area contributed by atoms with Crippen LogP contribution in [0, 0.1) is 0 Å². The lowest BCUT2D eigenvalue weighted by Gasteiger charge is -2.50. The maximum Gasteiger partial charge on any atom is 0.268 e. The van der Waals surface area contributed by atoms with E-state index in [9.17, 15) is 19.5 Å². The molecule has 0 bridgehead atoms. The Morgan fingerprint density at radius 2 is 1.76 bits per heavy atom. The minimum Gasteiger partial charge on any atom is -0.391 e. The Morgan fingerprint density at radius 1 is 1.15 bits per heavy atom. The van der Waals surface area contributed by atoms with Crippen LogP contribution in [-0.4, -0.2) is 63.1 Å². The maximum absolute atomic E-state index is 13.3. The molecule has 2 fully saturated rings. The number of nitrogens with zero attached hydrogens (tertiary/aromatic N) is 2. The van der Waals surface area contributed by atoms with Gasteiger partial charge in [0.2, 0.25) is 11.8 Å². The second-order valence-corrected chi connectivity index (χ2v) is 8.93. The molecule has 2 saturated heterocycles. The first-order valence-electron chi connectivity index (χ1n) is 11.4. The number of aliphatic hydroxyl groups excluding tert-OH is 1. The molecule has 2 heterocycles. The number of rotatable bonds is 9. The number of likely N-dealkylation sites (tertiary alicyclic amines) is 1. The second kappa shape index (κ2) is 9.92. The highest BCUT2D eigenvalue weighted by Crippen LogP contribution is 2.43. The fourth-order valence-electron chi connectivity index (χ4n) is 4.71. The smallest absolute Gasteiger partial charge is 0.268 e. The lowest BCUT2D eigenvalue weighted by molar-refractivity contribution is -0.244. The van der Waals surface area contributed by atoms with E-state index in [0.29, 0.717) is 25.9 Å². The molecule has 0 radical (unpaired) electrons. The Hall–Kier alpha value is -3.27. The van der Waals surface area contributed by atoms with Gasteiger partial charge in [-0.1, -0.05) is 60.7 Å². The third-order valence-electron chi connectivity index (χ3n) is 6.60. The van der Waals surface area contributed by atoms with Crippen LogP contribution >= 0.6 is 0 Å². The van der Waals surface area contributed by atoms with E-state index >= 15 is 0 Å². The molecule has 2 aliphatic rings. The van der Waals surface area contributed by atoms with E-state index in [1.165, 1.54) is 12.0 Å². The first-order chi connectivity index (χ1) is 16.3. The van der Waals surface area contributed by atoms with Crippen LogP contribution in [-0.2, 0) is 32.4 Å². The number of amides is 3. The standard InChI is InChI=1S/C25H30N4O5/c1-17(30)21(22(26)31)27-23(32)20-12-13-25(28(20)14-18-8-4-2-5-9-18)16-29(24(25)33)34-15-19-10-6-3-7-11-19/h2-11,17,20-21,30H,12-16H2,1H3,(H2,26,31)(H,27,32)/t17-,20?,21-,25?/m1/s1. The van der Waals surface area contributed by atoms with Crippen molar-refractivity contribution in [2.75, 3.05) is 6.54 Å². The largest absolute Gasteiger partial charge is 0.391 e. The Bertz CT molecular complexity index is 1030. The average molecular weight is 467 g/mol. The van der Waals surface area contributed by atoms with Crippen LogP contribution in [0.5, 0.6) is 0 Å². The Labute approximate surface area is 198 Å². The first kappa shape index (κ1) is 23.9. The second-order valence-electron chi connectivity index (χ2n) is 8.93. The maximum atomic E-state index is 13.3. The van der Waals surface area contributed by atoms with E-state index in [1.54, 1.807) is 0 Å². The lowest BCUT2D eigenvalue weighted by Crippen LogP contribution is -2.73. The lowest BCUT2D eigenvalue weighted by atomic mass is 9.87. The number of carbonyl (C=O) groups is 3. The number of β-lactam (4-membered cyclic amide) rings is 1. The van der Waals surface area contributed by atoms with Crippen LogP contribution in [0.15, 0.2) is 60.7 Å². The SMILES string of the molecule is C[C@@H](O)[C@@H](NC(=O)C1CCC2(CN(OCc3ccccc3)C2=O)N1Cc1ccccc1)C(N)=O. The van der Waals surface area contributed by atoms with Gasteiger partial charge >= 0.3 is 0 Å². The van der Waals surface area contributed by atoms with E-state index in [2.05, 4.69) is 5.32 Å². The zero-order valence-corrected chi connectivity index (χ0v) is 19.1. The summed E-state index contributed by atoms with van der Waals surface area (Å²) in [4.78, 5) is 45.8. The number of hydrogen-bond donors (Lipinski definition) is 3. The molecule has 4 N–H and O–H groups in total. The molecule has 2 aliphatic heterocycles. The number of nitrogens with one attached hydrogen (secondary N) is 1. The van der Waals surface area contributed by atoms with Gasteiger partial charge in [0.1, 0.15) is 18.2 Å². The molecule has 0 aliphatic carbocycles. The Kier molecular flexibility index (Phi) is 6.97. The monoisotopic (exact) mass is 466 g/mol. The van der Waals surface area contributed by atoms with Crippen molar-refractivity contribution in [1.82, 2.24) is 15.3 Å². The number of hydrogen-bond acceptors (Lipinski definition) is 6. The summed E-state index contributed by atoms with van der Waals surface area (Å²) in [5, 5.41) is 13.8. The third-order valence-corrected chi connectivity index (χ3v) is 6.60. The molecular formula is C25H30N4O5. The summed E-state index contributed by atoms with van der Waals surface area (Å²) in [7, 11) is 0. The predicted molar refractivity (Wildman–Crippen MR) is 123 cm³/mol. The molecular weight excluding hydrogens is 436 g/mol. The summed E-state index contributed by atoms with van der Waals surface area (Å²) in [5.41, 5.74) is 6.40. The van der Waals surface area contributed by atoms with Crippen molar-refractivity contribution in [3.8, 4) is 0 Å². The average Bonchev–Trinajstić information content (AvgIpc) is 3.21. The fourth-order valence-corrected chi connectivity index (χ4v) is 4.71. The van der Waals surface area contributed by atoms with Crippen molar-refractivity contribution < 1.29 is 24.3 Å². The summed E-state index contributed by atoms with van der Waals surface area (Å²) in [6.45, 7) is 2.39. The van der Waals surface area contributed by atoms with Crippen molar-refractivity contribution >= 4 is 17.7 Å². The fraction of sp³-hybridized carbons (Fsp3) is 0.400. The zero-order valence-electron chi connectivity index (χ0n) is 19.1. The zero-order chi connectivity index (χ0) is 24.3. The summed E-state index contributed by atoms with van der Waals surface area (Å²) in [5.74, 6) is -1.43. The van der Waals surface area contributed by atoms with Gasteiger partial charge in [-0.05, 0) is 30.9 Å². The summed E-state index contributed by atoms with van der Waals surface area (Å²) in [6, 6.07) is 17.3. The number of benzene rings is 2. The van der Waals surface area contributed by atoms with Crippen molar-refractivity contribution in [3.05, 3.63) is 71.8 Å². The molecule has 180 valence electrons. The molecule has 9 nitrogen and oxygen atoms in total. The highest BCUT2D eigenvalue weighted by molar-refractivity contribution is 5.95. The molecule has 34 heavy (non-hydrogen) atoms. The molecule has 2 unspecified atom stereocenters. The van der Waals surface area contributed by atoms with Gasteiger partial charge in [-0.3, -0.25) is 24.1 Å². The first-order valence-corrected chi connectivity index (χ1v) is 11.4. The van der Waals surface area contributed by atoms with Crippen LogP contribution < -0.4 is 11.1 Å². The summed E-state index contributed by atoms with van der Waals surface area (Å²) < 4.78 is 0. The molecule has 0 saturated carbocycles. The normalized spacial score (nSPS) is 24.0. The molecule has 9 heteroatoms. The number of carbonyl (C=O) groups excluding carboxylic acids is 3. The molecule has 0 aromatic heterocycles. The van der Waals surface area contributed by atoms with Gasteiger partial charge < -0.3 is 16.2 Å². The number of hydroxylamine groups is 2. The van der Waals surface area contributed by atoms with Crippen LogP contribution in [0.1, 0.15) is 30.9 Å². The van der Waals surface area contributed by atoms with Gasteiger partial charge in [0.05, 0.1) is 18.7 Å². The molecule has 3 amide bonds. The van der Waals surface area contributed by atoms with E-state index in [0.717, 1.165) is 11.1 Å². The number of nitrogens with two attached hydrogens (primary N) is 1. The molecule has 2 aromatic rings. The van der Waals surface area contributed by atoms with Gasteiger partial charge in [0.25, 0.3) is 5.91 Å². The Morgan fingerprint density at radius 3 is 2.32 bits per heavy atom. The van der Waals surface area contributed by atoms with Crippen molar-refractivity contribution in [2.45, 2.75) is 56.6 Å². The molecule has 4 rings (SSSR count). The van der Waals surface area contributed by atoms with E-state index in [-0.39, 0.29) is 12.5 Å². The van der Waals surface area contributed by atoms with Crippen molar-refractivity contribution in [2.24, 2.45) is 5.73 Å². The number of primary amides is 1. The van der Waals surface area contributed by atoms with E-state index in [4.69, 9.17) is 10.6 Å².